The summed E-state index contributed by atoms with van der Waals surface area (Å²) in [7, 11) is 0. The predicted octanol–water partition coefficient (Wildman–Crippen LogP) is 5.99. The van der Waals surface area contributed by atoms with E-state index in [2.05, 4.69) is 0 Å². The fraction of sp³-hybridized carbons (Fsp3) is 0.115. The first kappa shape index (κ1) is 31.0. The Morgan fingerprint density at radius 1 is 0.429 bits per heavy atom. The minimum atomic E-state index is -5.72. The molecule has 0 amide bonds. The molecule has 0 aliphatic carbocycles. The van der Waals surface area contributed by atoms with Gasteiger partial charge in [-0.15, -0.1) is 16.4 Å². The third-order valence-electron chi connectivity index (χ3n) is 7.00. The van der Waals surface area contributed by atoms with E-state index in [0.29, 0.717) is 12.1 Å². The Kier molecular flexibility index (Phi) is 7.66. The molecule has 0 bridgehead atoms. The van der Waals surface area contributed by atoms with E-state index in [1.54, 1.807) is 0 Å². The second kappa shape index (κ2) is 10.4. The second-order valence-electron chi connectivity index (χ2n) is 9.45. The molecule has 0 saturated carbocycles. The van der Waals surface area contributed by atoms with Gasteiger partial charge in [0.25, 0.3) is 0 Å². The highest BCUT2D eigenvalue weighted by Crippen LogP contribution is 2.29. The van der Waals surface area contributed by atoms with E-state index in [9.17, 15) is 39.5 Å². The van der Waals surface area contributed by atoms with E-state index in [1.807, 2.05) is 0 Å². The van der Waals surface area contributed by atoms with E-state index in [4.69, 9.17) is 0 Å². The van der Waals surface area contributed by atoms with Crippen LogP contribution in [0, 0.1) is 87.3 Å². The first-order valence-corrected chi connectivity index (χ1v) is 11.4. The van der Waals surface area contributed by atoms with Gasteiger partial charge in [0, 0.05) is 0 Å². The van der Waals surface area contributed by atoms with Gasteiger partial charge in [-0.3, -0.25) is 0 Å². The summed E-state index contributed by atoms with van der Waals surface area (Å²) in [6.07, 6.45) is -5.72. The van der Waals surface area contributed by atoms with Crippen LogP contribution in [0.4, 0.5) is 65.9 Å². The first-order chi connectivity index (χ1) is 19.4. The van der Waals surface area contributed by atoms with Crippen LogP contribution in [0.3, 0.4) is 0 Å². The molecule has 4 rings (SSSR count). The predicted molar refractivity (Wildman–Crippen MR) is 119 cm³/mol. The Hall–Kier alpha value is -3.98. The molecule has 16 heteroatoms. The molecule has 0 radical (unpaired) electrons. The van der Waals surface area contributed by atoms with Gasteiger partial charge in [0.2, 0.25) is 0 Å². The molecule has 224 valence electrons. The zero-order valence-electron chi connectivity index (χ0n) is 20.6. The van der Waals surface area contributed by atoms with Crippen LogP contribution in [0.1, 0.15) is 25.3 Å². The molecule has 0 N–H and O–H groups in total. The smallest absolute Gasteiger partial charge is 0.200 e. The van der Waals surface area contributed by atoms with Crippen molar-refractivity contribution in [1.29, 1.82) is 0 Å². The lowest BCUT2D eigenvalue weighted by Gasteiger charge is -2.46. The Balaban J connectivity index is 2.54. The van der Waals surface area contributed by atoms with Crippen molar-refractivity contribution in [1.82, 2.24) is 0 Å². The Morgan fingerprint density at radius 3 is 0.881 bits per heavy atom. The van der Waals surface area contributed by atoms with Gasteiger partial charge in [0.15, 0.2) is 52.4 Å². The normalized spacial score (nSPS) is 12.1. The van der Waals surface area contributed by atoms with E-state index in [-0.39, 0.29) is 5.56 Å². The molecule has 42 heavy (non-hydrogen) atoms. The second-order valence-corrected chi connectivity index (χ2v) is 9.45. The van der Waals surface area contributed by atoms with Crippen molar-refractivity contribution in [3.05, 3.63) is 111 Å². The topological polar surface area (TPSA) is 0 Å². The van der Waals surface area contributed by atoms with Gasteiger partial charge in [-0.05, 0) is 0 Å². The van der Waals surface area contributed by atoms with E-state index in [1.165, 1.54) is 13.8 Å². The number of halogens is 15. The van der Waals surface area contributed by atoms with Crippen molar-refractivity contribution in [2.24, 2.45) is 0 Å². The fourth-order valence-electron chi connectivity index (χ4n) is 5.05. The number of hydrogen-bond acceptors (Lipinski definition) is 0. The van der Waals surface area contributed by atoms with Crippen LogP contribution in [0.15, 0.2) is 18.2 Å². The highest BCUT2D eigenvalue weighted by Gasteiger charge is 2.47. The van der Waals surface area contributed by atoms with Crippen molar-refractivity contribution in [2.45, 2.75) is 19.8 Å². The summed E-state index contributed by atoms with van der Waals surface area (Å²) in [5, 5.41) is 0. The van der Waals surface area contributed by atoms with Gasteiger partial charge in [-0.2, -0.15) is 11.6 Å². The Bertz CT molecular complexity index is 1520. The van der Waals surface area contributed by atoms with Crippen LogP contribution in [-0.2, 0) is 0 Å². The van der Waals surface area contributed by atoms with Gasteiger partial charge in [-0.25, -0.2) is 78.0 Å². The first-order valence-electron chi connectivity index (χ1n) is 11.4. The van der Waals surface area contributed by atoms with Crippen LogP contribution < -0.4 is 21.9 Å². The highest BCUT2D eigenvalue weighted by molar-refractivity contribution is 7.20. The maximum atomic E-state index is 15.5. The lowest BCUT2D eigenvalue weighted by molar-refractivity contribution is 0.380. The monoisotopic (exact) mass is 618 g/mol. The quantitative estimate of drug-likeness (QED) is 0.0848. The minimum absolute atomic E-state index is 0.0899. The van der Waals surface area contributed by atoms with Gasteiger partial charge in [0.05, 0.1) is 0 Å². The summed E-state index contributed by atoms with van der Waals surface area (Å²) in [4.78, 5) is 0. The molecule has 0 saturated heterocycles. The Labute approximate surface area is 225 Å². The minimum Gasteiger partial charge on any atom is -0.318 e. The lowest BCUT2D eigenvalue weighted by Crippen LogP contribution is -2.79. The zero-order valence-corrected chi connectivity index (χ0v) is 20.6. The summed E-state index contributed by atoms with van der Waals surface area (Å²) in [6.45, 7) is 2.76. The molecule has 0 fully saturated rings. The summed E-state index contributed by atoms with van der Waals surface area (Å²) in [5.74, 6) is -46.0. The third kappa shape index (κ3) is 4.01. The van der Waals surface area contributed by atoms with Crippen LogP contribution in [0.5, 0.6) is 0 Å². The fourth-order valence-corrected chi connectivity index (χ4v) is 5.05. The summed E-state index contributed by atoms with van der Waals surface area (Å²) in [6, 6.07) is 1.92. The van der Waals surface area contributed by atoms with Crippen LogP contribution in [0.25, 0.3) is 0 Å². The SMILES string of the molecule is CC(C)c1c[cH-]c([B-](c2c(F)c(F)c(F)c(F)c2F)(c2c(F)c(F)c(F)c(F)c2F)c2c(F)c(F)c(F)c(F)c2F)c1. The Morgan fingerprint density at radius 2 is 0.667 bits per heavy atom. The zero-order chi connectivity index (χ0) is 31.7. The molecule has 0 nitrogen and oxygen atoms in total. The maximum Gasteiger partial charge on any atom is 0.200 e. The number of rotatable bonds is 5. The average molecular weight is 618 g/mol. The van der Waals surface area contributed by atoms with Gasteiger partial charge < -0.3 is 5.46 Å². The molecule has 0 aliphatic heterocycles. The van der Waals surface area contributed by atoms with Crippen molar-refractivity contribution in [2.75, 3.05) is 0 Å². The average Bonchev–Trinajstić information content (AvgIpc) is 3.46. The summed E-state index contributed by atoms with van der Waals surface area (Å²) < 4.78 is 222. The van der Waals surface area contributed by atoms with Crippen molar-refractivity contribution >= 4 is 28.0 Å². The molecule has 4 aromatic rings. The molecule has 0 spiro atoms. The molecular formula is C26H10BF15-2. The van der Waals surface area contributed by atoms with Crippen LogP contribution in [0.2, 0.25) is 0 Å². The van der Waals surface area contributed by atoms with Crippen LogP contribution >= 0.6 is 0 Å². The lowest BCUT2D eigenvalue weighted by atomic mass is 9.12. The van der Waals surface area contributed by atoms with Crippen LogP contribution in [-0.4, -0.2) is 6.15 Å². The van der Waals surface area contributed by atoms with Crippen molar-refractivity contribution < 1.29 is 65.9 Å². The van der Waals surface area contributed by atoms with E-state index < -0.39 is 121 Å². The van der Waals surface area contributed by atoms with E-state index in [0.717, 1.165) is 6.07 Å². The number of benzene rings is 3. The van der Waals surface area contributed by atoms with Crippen molar-refractivity contribution in [3.63, 3.8) is 0 Å². The molecule has 4 aromatic carbocycles. The third-order valence-corrected chi connectivity index (χ3v) is 7.00. The molecule has 0 heterocycles. The maximum absolute atomic E-state index is 15.5. The molecule has 0 atom stereocenters. The number of hydrogen-bond donors (Lipinski definition) is 0. The molecule has 0 aromatic heterocycles. The highest BCUT2D eigenvalue weighted by atomic mass is 19.2. The summed E-state index contributed by atoms with van der Waals surface area (Å²) in [5.41, 5.74) is -9.39. The van der Waals surface area contributed by atoms with Crippen molar-refractivity contribution in [3.8, 4) is 0 Å². The van der Waals surface area contributed by atoms with Gasteiger partial charge in [-0.1, -0.05) is 19.8 Å². The largest absolute Gasteiger partial charge is 0.318 e. The molecule has 0 unspecified atom stereocenters. The van der Waals surface area contributed by atoms with Gasteiger partial charge >= 0.3 is 0 Å². The molecule has 0 aliphatic rings. The van der Waals surface area contributed by atoms with E-state index >= 15 is 26.3 Å². The van der Waals surface area contributed by atoms with Gasteiger partial charge in [0.1, 0.15) is 41.0 Å². The molecular weight excluding hydrogens is 608 g/mol. The standard InChI is InChI=1S/C26H10BF15/c1-6(2)7-3-4-8(5-7)27(9-12(28)18(34)24(40)19(35)13(9)29,10-14(30)20(36)25(41)21(37)15(10)31)11-16(32)22(38)26(42)23(39)17(11)33/h3-6H,1-2H3/q-2. The summed E-state index contributed by atoms with van der Waals surface area (Å²) >= 11 is 0.